The highest BCUT2D eigenvalue weighted by molar-refractivity contribution is 5.90. The van der Waals surface area contributed by atoms with Crippen molar-refractivity contribution in [2.75, 3.05) is 0 Å². The average molecular weight is 327 g/mol. The van der Waals surface area contributed by atoms with Crippen molar-refractivity contribution in [2.24, 2.45) is 13.0 Å². The number of nitrogens with one attached hydrogen (secondary N) is 1. The standard InChI is InChI=1S/C17H21N5O2/c1-21-10-18-16(20-21)17(24)19-13-5-6-14-12(8-13)4-7-15(23)22(14)9-11-2-3-11/h4,7,10-11,13H,2-3,5-6,8-9H2,1H3,(H,19,24)/t13-/m0/s1. The van der Waals surface area contributed by atoms with Crippen molar-refractivity contribution in [1.29, 1.82) is 0 Å². The Hall–Kier alpha value is -2.44. The van der Waals surface area contributed by atoms with Crippen LogP contribution in [0.15, 0.2) is 23.3 Å². The van der Waals surface area contributed by atoms with E-state index in [0.29, 0.717) is 5.92 Å². The lowest BCUT2D eigenvalue weighted by Crippen LogP contribution is -2.41. The molecule has 24 heavy (non-hydrogen) atoms. The van der Waals surface area contributed by atoms with Crippen molar-refractivity contribution in [2.45, 2.75) is 44.7 Å². The number of fused-ring (bicyclic) bond motifs is 1. The molecule has 1 saturated carbocycles. The van der Waals surface area contributed by atoms with E-state index in [1.165, 1.54) is 29.4 Å². The molecule has 7 heteroatoms. The van der Waals surface area contributed by atoms with E-state index in [1.54, 1.807) is 13.1 Å². The molecular formula is C17H21N5O2. The molecule has 1 N–H and O–H groups in total. The third-order valence-electron chi connectivity index (χ3n) is 4.86. The van der Waals surface area contributed by atoms with Gasteiger partial charge in [0.1, 0.15) is 6.33 Å². The van der Waals surface area contributed by atoms with Crippen LogP contribution in [0.4, 0.5) is 0 Å². The van der Waals surface area contributed by atoms with Gasteiger partial charge in [-0.05, 0) is 43.6 Å². The summed E-state index contributed by atoms with van der Waals surface area (Å²) < 4.78 is 3.47. The second-order valence-corrected chi connectivity index (χ2v) is 6.85. The first-order chi connectivity index (χ1) is 11.6. The van der Waals surface area contributed by atoms with Crippen LogP contribution in [0.1, 0.15) is 41.1 Å². The van der Waals surface area contributed by atoms with Gasteiger partial charge >= 0.3 is 0 Å². The van der Waals surface area contributed by atoms with Gasteiger partial charge in [0.05, 0.1) is 0 Å². The minimum absolute atomic E-state index is 0.0562. The van der Waals surface area contributed by atoms with Gasteiger partial charge in [-0.25, -0.2) is 4.98 Å². The van der Waals surface area contributed by atoms with Gasteiger partial charge in [-0.15, -0.1) is 5.10 Å². The molecule has 1 amide bonds. The molecule has 0 unspecified atom stereocenters. The number of rotatable bonds is 4. The summed E-state index contributed by atoms with van der Waals surface area (Å²) in [6.45, 7) is 0.844. The van der Waals surface area contributed by atoms with Crippen molar-refractivity contribution in [3.05, 3.63) is 45.9 Å². The maximum absolute atomic E-state index is 12.2. The lowest BCUT2D eigenvalue weighted by Gasteiger charge is -2.27. The van der Waals surface area contributed by atoms with E-state index in [0.717, 1.165) is 31.5 Å². The van der Waals surface area contributed by atoms with Crippen LogP contribution in [-0.4, -0.2) is 31.3 Å². The summed E-state index contributed by atoms with van der Waals surface area (Å²) in [6.07, 6.45) is 6.37. The molecule has 1 fully saturated rings. The monoisotopic (exact) mass is 327 g/mol. The zero-order chi connectivity index (χ0) is 16.7. The second-order valence-electron chi connectivity index (χ2n) is 6.85. The maximum atomic E-state index is 12.2. The molecule has 0 aromatic carbocycles. The van der Waals surface area contributed by atoms with Crippen LogP contribution in [-0.2, 0) is 26.4 Å². The number of amides is 1. The van der Waals surface area contributed by atoms with Gasteiger partial charge in [0.25, 0.3) is 11.5 Å². The number of hydrogen-bond acceptors (Lipinski definition) is 4. The van der Waals surface area contributed by atoms with E-state index in [4.69, 9.17) is 0 Å². The number of carbonyl (C=O) groups excluding carboxylic acids is 1. The molecule has 7 nitrogen and oxygen atoms in total. The maximum Gasteiger partial charge on any atom is 0.291 e. The summed E-state index contributed by atoms with van der Waals surface area (Å²) in [6, 6.07) is 3.63. The number of pyridine rings is 1. The quantitative estimate of drug-likeness (QED) is 0.895. The van der Waals surface area contributed by atoms with Crippen molar-refractivity contribution >= 4 is 5.91 Å². The van der Waals surface area contributed by atoms with Crippen LogP contribution in [0.25, 0.3) is 0 Å². The first-order valence-electron chi connectivity index (χ1n) is 8.48. The molecule has 0 radical (unpaired) electrons. The first-order valence-corrected chi connectivity index (χ1v) is 8.48. The van der Waals surface area contributed by atoms with Gasteiger partial charge < -0.3 is 9.88 Å². The molecule has 126 valence electrons. The molecule has 2 aromatic rings. The average Bonchev–Trinajstić information content (AvgIpc) is 3.28. The number of nitrogens with zero attached hydrogens (tertiary/aromatic N) is 4. The Balaban J connectivity index is 1.49. The summed E-state index contributed by atoms with van der Waals surface area (Å²) in [5.74, 6) is 0.624. The highest BCUT2D eigenvalue weighted by Gasteiger charge is 2.27. The zero-order valence-corrected chi connectivity index (χ0v) is 13.7. The Morgan fingerprint density at radius 1 is 1.33 bits per heavy atom. The smallest absolute Gasteiger partial charge is 0.291 e. The zero-order valence-electron chi connectivity index (χ0n) is 13.7. The van der Waals surface area contributed by atoms with Crippen molar-refractivity contribution in [3.63, 3.8) is 0 Å². The predicted molar refractivity (Wildman–Crippen MR) is 87.7 cm³/mol. The van der Waals surface area contributed by atoms with E-state index in [1.807, 2.05) is 10.6 Å². The van der Waals surface area contributed by atoms with Gasteiger partial charge in [-0.2, -0.15) is 0 Å². The molecule has 2 aromatic heterocycles. The fraction of sp³-hybridized carbons (Fsp3) is 0.529. The molecule has 0 aliphatic heterocycles. The Labute approximate surface area is 139 Å². The third kappa shape index (κ3) is 2.98. The first kappa shape index (κ1) is 15.1. The molecule has 0 spiro atoms. The van der Waals surface area contributed by atoms with Gasteiger partial charge in [0, 0.05) is 31.4 Å². The minimum Gasteiger partial charge on any atom is -0.346 e. The van der Waals surface area contributed by atoms with E-state index in [2.05, 4.69) is 15.4 Å². The van der Waals surface area contributed by atoms with Crippen molar-refractivity contribution < 1.29 is 4.79 Å². The molecule has 2 heterocycles. The van der Waals surface area contributed by atoms with Crippen LogP contribution in [0.3, 0.4) is 0 Å². The Morgan fingerprint density at radius 3 is 2.88 bits per heavy atom. The Kier molecular flexibility index (Phi) is 3.70. The predicted octanol–water partition coefficient (Wildman–Crippen LogP) is 0.674. The molecule has 0 saturated heterocycles. The Bertz CT molecular complexity index is 834. The summed E-state index contributed by atoms with van der Waals surface area (Å²) in [4.78, 5) is 28.4. The fourth-order valence-electron chi connectivity index (χ4n) is 3.40. The summed E-state index contributed by atoms with van der Waals surface area (Å²) in [5, 5.41) is 7.05. The number of hydrogen-bond donors (Lipinski definition) is 1. The van der Waals surface area contributed by atoms with Crippen LogP contribution in [0, 0.1) is 5.92 Å². The van der Waals surface area contributed by atoms with Crippen LogP contribution in [0.2, 0.25) is 0 Å². The van der Waals surface area contributed by atoms with E-state index in [-0.39, 0.29) is 23.3 Å². The highest BCUT2D eigenvalue weighted by Crippen LogP contribution is 2.31. The fourth-order valence-corrected chi connectivity index (χ4v) is 3.40. The summed E-state index contributed by atoms with van der Waals surface area (Å²) >= 11 is 0. The van der Waals surface area contributed by atoms with E-state index < -0.39 is 0 Å². The molecular weight excluding hydrogens is 306 g/mol. The Morgan fingerprint density at radius 2 is 2.17 bits per heavy atom. The van der Waals surface area contributed by atoms with Crippen LogP contribution >= 0.6 is 0 Å². The van der Waals surface area contributed by atoms with Crippen molar-refractivity contribution in [1.82, 2.24) is 24.6 Å². The SMILES string of the molecule is Cn1cnc(C(=O)N[C@H]2CCc3c(ccc(=O)n3CC3CC3)C2)n1. The second kappa shape index (κ2) is 5.89. The summed E-state index contributed by atoms with van der Waals surface area (Å²) in [7, 11) is 1.74. The number of aromatic nitrogens is 4. The van der Waals surface area contributed by atoms with Crippen LogP contribution < -0.4 is 10.9 Å². The minimum atomic E-state index is -0.240. The summed E-state index contributed by atoms with van der Waals surface area (Å²) in [5.41, 5.74) is 2.41. The lowest BCUT2D eigenvalue weighted by molar-refractivity contribution is 0.0922. The largest absolute Gasteiger partial charge is 0.346 e. The topological polar surface area (TPSA) is 81.8 Å². The molecule has 2 aliphatic carbocycles. The third-order valence-corrected chi connectivity index (χ3v) is 4.86. The number of carbonyl (C=O) groups is 1. The highest BCUT2D eigenvalue weighted by atomic mass is 16.2. The lowest BCUT2D eigenvalue weighted by atomic mass is 9.91. The van der Waals surface area contributed by atoms with Gasteiger partial charge in [0.2, 0.25) is 5.82 Å². The van der Waals surface area contributed by atoms with Gasteiger partial charge in [0.15, 0.2) is 0 Å². The molecule has 4 rings (SSSR count). The van der Waals surface area contributed by atoms with Crippen LogP contribution in [0.5, 0.6) is 0 Å². The van der Waals surface area contributed by atoms with Gasteiger partial charge in [-0.3, -0.25) is 14.3 Å². The van der Waals surface area contributed by atoms with Gasteiger partial charge in [-0.1, -0.05) is 6.07 Å². The van der Waals surface area contributed by atoms with Crippen molar-refractivity contribution in [3.8, 4) is 0 Å². The molecule has 0 bridgehead atoms. The number of aryl methyl sites for hydroxylation is 1. The van der Waals surface area contributed by atoms with E-state index in [9.17, 15) is 9.59 Å². The molecule has 2 aliphatic rings. The normalized spacial score (nSPS) is 19.8. The van der Waals surface area contributed by atoms with E-state index >= 15 is 0 Å². The molecule has 1 atom stereocenters.